The third kappa shape index (κ3) is 12.8. The average molecular weight is 778 g/mol. The lowest BCUT2D eigenvalue weighted by molar-refractivity contribution is 0.0509. The first kappa shape index (κ1) is 42.8. The number of aromatic amines is 1. The summed E-state index contributed by atoms with van der Waals surface area (Å²) < 4.78 is 18.4. The second kappa shape index (κ2) is 22.4. The van der Waals surface area contributed by atoms with Gasteiger partial charge in [0.15, 0.2) is 0 Å². The summed E-state index contributed by atoms with van der Waals surface area (Å²) in [5.74, 6) is 1.80. The van der Waals surface area contributed by atoms with E-state index in [4.69, 9.17) is 14.2 Å². The Hall–Kier alpha value is -5.32. The predicted molar refractivity (Wildman–Crippen MR) is 226 cm³/mol. The number of phenolic OH excluding ortho intramolecular Hbond substituents is 1. The third-order valence-electron chi connectivity index (χ3n) is 10.3. The topological polar surface area (TPSA) is 142 Å². The molecule has 5 aromatic rings. The summed E-state index contributed by atoms with van der Waals surface area (Å²) in [5.41, 5.74) is 3.50. The van der Waals surface area contributed by atoms with E-state index in [-0.39, 0.29) is 17.4 Å². The Morgan fingerprint density at radius 2 is 1.53 bits per heavy atom. The molecule has 1 heterocycles. The van der Waals surface area contributed by atoms with Gasteiger partial charge in [-0.05, 0) is 110 Å². The Labute approximate surface area is 336 Å². The Bertz CT molecular complexity index is 2030. The van der Waals surface area contributed by atoms with Gasteiger partial charge in [0, 0.05) is 18.0 Å². The molecular formula is C47H59N3O7. The molecule has 3 atom stereocenters. The molecule has 4 aromatic carbocycles. The zero-order valence-corrected chi connectivity index (χ0v) is 33.5. The minimum atomic E-state index is -0.783. The maximum absolute atomic E-state index is 13.4. The van der Waals surface area contributed by atoms with Crippen LogP contribution in [0.4, 0.5) is 4.79 Å². The fourth-order valence-corrected chi connectivity index (χ4v) is 7.36. The number of hydrogen-bond acceptors (Lipinski definition) is 8. The Balaban J connectivity index is 1.07. The van der Waals surface area contributed by atoms with E-state index in [1.807, 2.05) is 78.9 Å². The number of pyridine rings is 1. The van der Waals surface area contributed by atoms with E-state index in [0.29, 0.717) is 47.9 Å². The number of ether oxygens (including phenoxy) is 3. The van der Waals surface area contributed by atoms with Gasteiger partial charge in [-0.25, -0.2) is 4.79 Å². The first-order valence-corrected chi connectivity index (χ1v) is 20.5. The smallest absolute Gasteiger partial charge is 0.408 e. The van der Waals surface area contributed by atoms with Crippen LogP contribution < -0.4 is 25.7 Å². The molecule has 0 aliphatic heterocycles. The SMILES string of the molecule is CCCC(CCC)[C@H](CC)OC(=O)NC(c1ccccc1)c1cccc(OCc2cccc(OCCCCCNC[C@H](O)c3ccc(O)c4[nH]c(=O)ccc34)c2)c1. The number of nitrogens with one attached hydrogen (secondary N) is 3. The largest absolute Gasteiger partial charge is 0.506 e. The number of H-pyrrole nitrogens is 1. The summed E-state index contributed by atoms with van der Waals surface area (Å²) in [7, 11) is 0. The van der Waals surface area contributed by atoms with Crippen molar-refractivity contribution in [2.45, 2.75) is 97.0 Å². The summed E-state index contributed by atoms with van der Waals surface area (Å²) in [6.45, 7) is 8.47. The molecule has 0 aliphatic carbocycles. The van der Waals surface area contributed by atoms with Crippen molar-refractivity contribution in [2.24, 2.45) is 5.92 Å². The number of carbonyl (C=O) groups excluding carboxylic acids is 1. The number of rotatable bonds is 23. The Kier molecular flexibility index (Phi) is 16.8. The second-order valence-electron chi connectivity index (χ2n) is 14.6. The lowest BCUT2D eigenvalue weighted by atomic mass is 9.91. The number of aliphatic hydroxyl groups excluding tert-OH is 1. The zero-order valence-electron chi connectivity index (χ0n) is 33.5. The maximum Gasteiger partial charge on any atom is 0.408 e. The average Bonchev–Trinajstić information content (AvgIpc) is 3.23. The van der Waals surface area contributed by atoms with Gasteiger partial charge in [-0.15, -0.1) is 0 Å². The molecule has 0 bridgehead atoms. The molecule has 5 rings (SSSR count). The number of amides is 1. The first-order valence-electron chi connectivity index (χ1n) is 20.5. The molecule has 10 heteroatoms. The maximum atomic E-state index is 13.4. The molecule has 5 N–H and O–H groups in total. The summed E-state index contributed by atoms with van der Waals surface area (Å²) in [4.78, 5) is 27.7. The van der Waals surface area contributed by atoms with Gasteiger partial charge in [-0.1, -0.05) is 94.3 Å². The van der Waals surface area contributed by atoms with Crippen LogP contribution in [0, 0.1) is 5.92 Å². The molecule has 0 fully saturated rings. The van der Waals surface area contributed by atoms with Crippen LogP contribution >= 0.6 is 0 Å². The molecule has 0 aliphatic rings. The van der Waals surface area contributed by atoms with Gasteiger partial charge >= 0.3 is 6.09 Å². The van der Waals surface area contributed by atoms with Gasteiger partial charge in [0.25, 0.3) is 0 Å². The molecule has 0 saturated heterocycles. The van der Waals surface area contributed by atoms with E-state index >= 15 is 0 Å². The van der Waals surface area contributed by atoms with Crippen LogP contribution in [-0.4, -0.2) is 47.1 Å². The monoisotopic (exact) mass is 777 g/mol. The highest BCUT2D eigenvalue weighted by Crippen LogP contribution is 2.30. The van der Waals surface area contributed by atoms with Gasteiger partial charge in [-0.2, -0.15) is 0 Å². The molecular weight excluding hydrogens is 719 g/mol. The van der Waals surface area contributed by atoms with Crippen molar-refractivity contribution < 1.29 is 29.2 Å². The fraction of sp³-hybridized carbons (Fsp3) is 0.404. The molecule has 1 amide bonds. The first-order chi connectivity index (χ1) is 27.8. The highest BCUT2D eigenvalue weighted by molar-refractivity contribution is 5.87. The summed E-state index contributed by atoms with van der Waals surface area (Å²) in [6, 6.07) is 31.4. The molecule has 1 aromatic heterocycles. The van der Waals surface area contributed by atoms with Crippen molar-refractivity contribution in [3.8, 4) is 17.2 Å². The fourth-order valence-electron chi connectivity index (χ4n) is 7.36. The van der Waals surface area contributed by atoms with E-state index in [0.717, 1.165) is 80.4 Å². The van der Waals surface area contributed by atoms with Gasteiger partial charge in [0.05, 0.1) is 24.3 Å². The van der Waals surface area contributed by atoms with Crippen molar-refractivity contribution in [1.82, 2.24) is 15.6 Å². The van der Waals surface area contributed by atoms with Crippen LogP contribution in [0.25, 0.3) is 10.9 Å². The van der Waals surface area contributed by atoms with Crippen molar-refractivity contribution in [3.63, 3.8) is 0 Å². The molecule has 1 unspecified atom stereocenters. The normalized spacial score (nSPS) is 12.9. The van der Waals surface area contributed by atoms with Crippen molar-refractivity contribution >= 4 is 17.0 Å². The quantitative estimate of drug-likeness (QED) is 0.0413. The summed E-state index contributed by atoms with van der Waals surface area (Å²) in [5, 5.41) is 27.9. The number of hydrogen-bond donors (Lipinski definition) is 5. The number of benzene rings is 4. The molecule has 0 radical (unpaired) electrons. The highest BCUT2D eigenvalue weighted by atomic mass is 16.6. The van der Waals surface area contributed by atoms with Gasteiger partial charge in [0.1, 0.15) is 30.0 Å². The highest BCUT2D eigenvalue weighted by Gasteiger charge is 2.25. The summed E-state index contributed by atoms with van der Waals surface area (Å²) in [6.07, 6.45) is 6.43. The van der Waals surface area contributed by atoms with E-state index in [1.165, 1.54) is 12.1 Å². The molecule has 0 spiro atoms. The van der Waals surface area contributed by atoms with Crippen LogP contribution in [0.1, 0.15) is 107 Å². The van der Waals surface area contributed by atoms with Crippen LogP contribution in [0.5, 0.6) is 17.2 Å². The number of alkyl carbamates (subject to hydrolysis) is 1. The minimum absolute atomic E-state index is 0.0264. The number of fused-ring (bicyclic) bond motifs is 1. The van der Waals surface area contributed by atoms with Gasteiger partial charge in [0.2, 0.25) is 5.56 Å². The van der Waals surface area contributed by atoms with Crippen LogP contribution in [-0.2, 0) is 11.3 Å². The van der Waals surface area contributed by atoms with Crippen LogP contribution in [0.3, 0.4) is 0 Å². The number of phenols is 1. The summed E-state index contributed by atoms with van der Waals surface area (Å²) >= 11 is 0. The van der Waals surface area contributed by atoms with E-state index < -0.39 is 18.2 Å². The Morgan fingerprint density at radius 3 is 2.28 bits per heavy atom. The van der Waals surface area contributed by atoms with E-state index in [1.54, 1.807) is 12.1 Å². The number of carbonyl (C=O) groups is 1. The van der Waals surface area contributed by atoms with Crippen molar-refractivity contribution in [2.75, 3.05) is 19.7 Å². The van der Waals surface area contributed by atoms with E-state index in [2.05, 4.69) is 36.4 Å². The van der Waals surface area contributed by atoms with Gasteiger partial charge < -0.3 is 40.0 Å². The minimum Gasteiger partial charge on any atom is -0.506 e. The lowest BCUT2D eigenvalue weighted by Gasteiger charge is -2.27. The lowest BCUT2D eigenvalue weighted by Crippen LogP contribution is -2.35. The molecule has 10 nitrogen and oxygen atoms in total. The standard InChI is InChI=1S/C47H59N3O7/c1-4-15-34(16-5-2)43(6-3)57-47(54)50-45(35-18-9-7-10-19-35)36-20-14-22-38(30-36)56-32-33-17-13-21-37(29-33)55-28-12-8-11-27-48-31-42(52)39-23-25-41(51)46-40(39)24-26-44(53)49-46/h7,9-10,13-14,17-26,29-30,34,42-43,45,48,51-52H,4-6,8,11-12,15-16,27-28,31-32H2,1-3H3,(H,49,53)(H,50,54)/t42-,43-,45?/m0/s1. The van der Waals surface area contributed by atoms with Crippen LogP contribution in [0.15, 0.2) is 108 Å². The van der Waals surface area contributed by atoms with Crippen LogP contribution in [0.2, 0.25) is 0 Å². The third-order valence-corrected chi connectivity index (χ3v) is 10.3. The van der Waals surface area contributed by atoms with E-state index in [9.17, 15) is 19.8 Å². The Morgan fingerprint density at radius 1 is 0.789 bits per heavy atom. The predicted octanol–water partition coefficient (Wildman–Crippen LogP) is 9.50. The number of aromatic nitrogens is 1. The number of aromatic hydroxyl groups is 1. The molecule has 304 valence electrons. The zero-order chi connectivity index (χ0) is 40.4. The second-order valence-corrected chi connectivity index (χ2v) is 14.6. The number of unbranched alkanes of at least 4 members (excludes halogenated alkanes) is 2. The van der Waals surface area contributed by atoms with Gasteiger partial charge in [-0.3, -0.25) is 4.79 Å². The van der Waals surface area contributed by atoms with Crippen molar-refractivity contribution in [3.05, 3.63) is 136 Å². The van der Waals surface area contributed by atoms with Crippen molar-refractivity contribution in [1.29, 1.82) is 0 Å². The molecule has 57 heavy (non-hydrogen) atoms. The molecule has 0 saturated carbocycles. The number of aliphatic hydroxyl groups is 1.